The van der Waals surface area contributed by atoms with Crippen molar-refractivity contribution < 1.29 is 4.79 Å². The average Bonchev–Trinajstić information content (AvgIpc) is 2.85. The molecule has 22 heavy (non-hydrogen) atoms. The molecular weight excluding hydrogens is 349 g/mol. The van der Waals surface area contributed by atoms with Gasteiger partial charge in [-0.1, -0.05) is 34.8 Å². The maximum absolute atomic E-state index is 12.1. The number of aromatic nitrogens is 4. The summed E-state index contributed by atoms with van der Waals surface area (Å²) < 4.78 is 3.09. The number of aryl methyl sites for hydroxylation is 4. The van der Waals surface area contributed by atoms with Crippen LogP contribution in [0.5, 0.6) is 0 Å². The number of nitrogens with zero attached hydrogens (tertiary/aromatic N) is 4. The largest absolute Gasteiger partial charge is 0.351 e. The first-order valence-corrected chi connectivity index (χ1v) is 7.82. The molecule has 2 aromatic rings. The van der Waals surface area contributed by atoms with Crippen molar-refractivity contribution in [3.05, 3.63) is 32.3 Å². The van der Waals surface area contributed by atoms with Crippen molar-refractivity contribution >= 4 is 40.7 Å². The quantitative estimate of drug-likeness (QED) is 0.829. The molecule has 9 heteroatoms. The summed E-state index contributed by atoms with van der Waals surface area (Å²) >= 11 is 18.1. The molecular formula is C13H16Cl3N5O. The van der Waals surface area contributed by atoms with Gasteiger partial charge >= 0.3 is 0 Å². The van der Waals surface area contributed by atoms with Crippen LogP contribution in [0.15, 0.2) is 0 Å². The molecule has 0 aromatic carbocycles. The van der Waals surface area contributed by atoms with E-state index in [0.717, 1.165) is 0 Å². The van der Waals surface area contributed by atoms with Gasteiger partial charge in [0, 0.05) is 20.1 Å². The standard InChI is InChI=1S/C13H16Cl3N5O/c1-7-9(14)11(20(3)18-7)13(22)17-5-4-6-21-12(16)10(15)8(2)19-21/h4-6H2,1-3H3,(H,17,22). The predicted molar refractivity (Wildman–Crippen MR) is 86.9 cm³/mol. The van der Waals surface area contributed by atoms with Gasteiger partial charge in [-0.15, -0.1) is 0 Å². The number of rotatable bonds is 5. The molecule has 120 valence electrons. The molecule has 0 atom stereocenters. The van der Waals surface area contributed by atoms with E-state index in [4.69, 9.17) is 34.8 Å². The van der Waals surface area contributed by atoms with E-state index in [1.54, 1.807) is 25.6 Å². The fraction of sp³-hybridized carbons (Fsp3) is 0.462. The van der Waals surface area contributed by atoms with Crippen molar-refractivity contribution in [2.45, 2.75) is 26.8 Å². The van der Waals surface area contributed by atoms with Crippen molar-refractivity contribution in [3.63, 3.8) is 0 Å². The van der Waals surface area contributed by atoms with E-state index >= 15 is 0 Å². The highest BCUT2D eigenvalue weighted by atomic mass is 35.5. The van der Waals surface area contributed by atoms with E-state index in [1.165, 1.54) is 4.68 Å². The number of carbonyl (C=O) groups is 1. The smallest absolute Gasteiger partial charge is 0.271 e. The van der Waals surface area contributed by atoms with Gasteiger partial charge in [0.15, 0.2) is 0 Å². The van der Waals surface area contributed by atoms with Crippen molar-refractivity contribution in [1.82, 2.24) is 24.9 Å². The van der Waals surface area contributed by atoms with Crippen LogP contribution < -0.4 is 5.32 Å². The van der Waals surface area contributed by atoms with Crippen LogP contribution in [0.3, 0.4) is 0 Å². The molecule has 1 N–H and O–H groups in total. The van der Waals surface area contributed by atoms with Gasteiger partial charge in [-0.2, -0.15) is 10.2 Å². The third-order valence-electron chi connectivity index (χ3n) is 3.19. The third kappa shape index (κ3) is 3.39. The SMILES string of the molecule is Cc1nn(C)c(C(=O)NCCCn2nc(C)c(Cl)c2Cl)c1Cl. The zero-order valence-electron chi connectivity index (χ0n) is 12.5. The van der Waals surface area contributed by atoms with Crippen molar-refractivity contribution in [2.24, 2.45) is 7.05 Å². The zero-order valence-corrected chi connectivity index (χ0v) is 14.7. The minimum absolute atomic E-state index is 0.256. The van der Waals surface area contributed by atoms with Crippen LogP contribution in [0.1, 0.15) is 28.3 Å². The second-order valence-corrected chi connectivity index (χ2v) is 6.01. The molecule has 0 bridgehead atoms. The molecule has 0 spiro atoms. The van der Waals surface area contributed by atoms with Crippen LogP contribution in [-0.4, -0.2) is 32.0 Å². The molecule has 0 aliphatic carbocycles. The van der Waals surface area contributed by atoms with Gasteiger partial charge in [-0.05, 0) is 20.3 Å². The highest BCUT2D eigenvalue weighted by Gasteiger charge is 2.18. The summed E-state index contributed by atoms with van der Waals surface area (Å²) in [5, 5.41) is 12.4. The number of halogens is 3. The molecule has 6 nitrogen and oxygen atoms in total. The van der Waals surface area contributed by atoms with E-state index in [2.05, 4.69) is 15.5 Å². The Morgan fingerprint density at radius 1 is 1.14 bits per heavy atom. The van der Waals surface area contributed by atoms with Crippen LogP contribution >= 0.6 is 34.8 Å². The lowest BCUT2D eigenvalue weighted by molar-refractivity contribution is 0.0943. The number of carbonyl (C=O) groups excluding carboxylic acids is 1. The lowest BCUT2D eigenvalue weighted by Gasteiger charge is -2.07. The van der Waals surface area contributed by atoms with Crippen LogP contribution in [0.4, 0.5) is 0 Å². The van der Waals surface area contributed by atoms with Crippen LogP contribution in [0.25, 0.3) is 0 Å². The molecule has 0 unspecified atom stereocenters. The second kappa shape index (κ2) is 6.89. The summed E-state index contributed by atoms with van der Waals surface area (Å²) in [5.74, 6) is -0.256. The Morgan fingerprint density at radius 2 is 1.77 bits per heavy atom. The van der Waals surface area contributed by atoms with E-state index in [-0.39, 0.29) is 5.91 Å². The predicted octanol–water partition coefficient (Wildman–Crippen LogP) is 3.01. The highest BCUT2D eigenvalue weighted by molar-refractivity contribution is 6.41. The Labute approximate surface area is 143 Å². The van der Waals surface area contributed by atoms with E-state index < -0.39 is 0 Å². The molecule has 0 saturated heterocycles. The number of hydrogen-bond donors (Lipinski definition) is 1. The van der Waals surface area contributed by atoms with Gasteiger partial charge in [-0.25, -0.2) is 0 Å². The molecule has 0 saturated carbocycles. The first-order valence-electron chi connectivity index (χ1n) is 6.68. The zero-order chi connectivity index (χ0) is 16.4. The Morgan fingerprint density at radius 3 is 2.27 bits per heavy atom. The van der Waals surface area contributed by atoms with Crippen molar-refractivity contribution in [3.8, 4) is 0 Å². The van der Waals surface area contributed by atoms with Gasteiger partial charge in [0.05, 0.1) is 16.4 Å². The van der Waals surface area contributed by atoms with Gasteiger partial charge in [-0.3, -0.25) is 14.2 Å². The first kappa shape index (κ1) is 17.1. The summed E-state index contributed by atoms with van der Waals surface area (Å²) in [7, 11) is 1.68. The van der Waals surface area contributed by atoms with Crippen LogP contribution in [0, 0.1) is 13.8 Å². The van der Waals surface area contributed by atoms with Gasteiger partial charge in [0.2, 0.25) is 0 Å². The highest BCUT2D eigenvalue weighted by Crippen LogP contribution is 2.25. The summed E-state index contributed by atoms with van der Waals surface area (Å²) in [5.41, 5.74) is 1.67. The van der Waals surface area contributed by atoms with E-state index in [0.29, 0.717) is 51.8 Å². The fourth-order valence-electron chi connectivity index (χ4n) is 2.07. The third-order valence-corrected chi connectivity index (χ3v) is 4.58. The molecule has 0 aliphatic heterocycles. The lowest BCUT2D eigenvalue weighted by Crippen LogP contribution is -2.27. The molecule has 2 aromatic heterocycles. The molecule has 0 radical (unpaired) electrons. The molecule has 2 rings (SSSR count). The minimum atomic E-state index is -0.256. The van der Waals surface area contributed by atoms with E-state index in [1.807, 2.05) is 0 Å². The fourth-order valence-corrected chi connectivity index (χ4v) is 2.71. The summed E-state index contributed by atoms with van der Waals surface area (Å²) in [6.07, 6.45) is 0.664. The normalized spacial score (nSPS) is 11.0. The van der Waals surface area contributed by atoms with Crippen molar-refractivity contribution in [1.29, 1.82) is 0 Å². The monoisotopic (exact) mass is 363 g/mol. The Hall–Kier alpha value is -1.24. The Balaban J connectivity index is 1.88. The Bertz CT molecular complexity index is 707. The number of nitrogens with one attached hydrogen (secondary N) is 1. The maximum Gasteiger partial charge on any atom is 0.271 e. The van der Waals surface area contributed by atoms with Gasteiger partial charge in [0.1, 0.15) is 15.9 Å². The average molecular weight is 365 g/mol. The van der Waals surface area contributed by atoms with E-state index in [9.17, 15) is 4.79 Å². The minimum Gasteiger partial charge on any atom is -0.351 e. The van der Waals surface area contributed by atoms with Crippen molar-refractivity contribution in [2.75, 3.05) is 6.54 Å². The van der Waals surface area contributed by atoms with Crippen LogP contribution in [0.2, 0.25) is 15.2 Å². The Kier molecular flexibility index (Phi) is 5.36. The molecule has 0 aliphatic rings. The van der Waals surface area contributed by atoms with Crippen LogP contribution in [-0.2, 0) is 13.6 Å². The number of amides is 1. The first-order chi connectivity index (χ1) is 10.3. The molecule has 0 fully saturated rings. The second-order valence-electron chi connectivity index (χ2n) is 4.89. The molecule has 2 heterocycles. The summed E-state index contributed by atoms with van der Waals surface area (Å²) in [6, 6.07) is 0. The van der Waals surface area contributed by atoms with Gasteiger partial charge < -0.3 is 5.32 Å². The summed E-state index contributed by atoms with van der Waals surface area (Å²) in [6.45, 7) is 4.57. The molecule has 1 amide bonds. The lowest BCUT2D eigenvalue weighted by atomic mass is 10.3. The topological polar surface area (TPSA) is 64.7 Å². The summed E-state index contributed by atoms with van der Waals surface area (Å²) in [4.78, 5) is 12.1. The van der Waals surface area contributed by atoms with Gasteiger partial charge in [0.25, 0.3) is 5.91 Å². The number of hydrogen-bond acceptors (Lipinski definition) is 3. The maximum atomic E-state index is 12.1.